The maximum atomic E-state index is 12.1. The van der Waals surface area contributed by atoms with Crippen molar-refractivity contribution in [3.05, 3.63) is 0 Å². The molecule has 0 aromatic rings. The topological polar surface area (TPSA) is 101 Å². The van der Waals surface area contributed by atoms with Crippen molar-refractivity contribution in [3.63, 3.8) is 0 Å². The zero-order chi connectivity index (χ0) is 15.1. The van der Waals surface area contributed by atoms with Gasteiger partial charge in [0.05, 0.1) is 17.0 Å². The lowest BCUT2D eigenvalue weighted by Gasteiger charge is -2.31. The minimum Gasteiger partial charge on any atom is -0.481 e. The molecule has 1 saturated heterocycles. The van der Waals surface area contributed by atoms with Crippen LogP contribution in [0.1, 0.15) is 34.1 Å². The molecule has 1 aliphatic heterocycles. The third kappa shape index (κ3) is 3.92. The van der Waals surface area contributed by atoms with Crippen LogP contribution in [-0.2, 0) is 19.4 Å². The molecule has 0 aromatic carbocycles. The van der Waals surface area contributed by atoms with Gasteiger partial charge in [-0.2, -0.15) is 0 Å². The van der Waals surface area contributed by atoms with E-state index in [1.807, 2.05) is 0 Å². The van der Waals surface area contributed by atoms with E-state index in [4.69, 9.17) is 5.11 Å². The molecule has 2 unspecified atom stereocenters. The lowest BCUT2D eigenvalue weighted by molar-refractivity contribution is -0.152. The number of hydrogen-bond donors (Lipinski definition) is 2. The van der Waals surface area contributed by atoms with Crippen LogP contribution < -0.4 is 5.32 Å². The maximum absolute atomic E-state index is 12.1. The zero-order valence-electron chi connectivity index (χ0n) is 11.7. The molecule has 1 amide bonds. The Balaban J connectivity index is 2.88. The second kappa shape index (κ2) is 4.77. The van der Waals surface area contributed by atoms with Gasteiger partial charge in [0, 0.05) is 0 Å². The molecule has 0 spiro atoms. The Kier molecular flexibility index (Phi) is 4.01. The predicted octanol–water partition coefficient (Wildman–Crippen LogP) is 0.427. The summed E-state index contributed by atoms with van der Waals surface area (Å²) in [5.74, 6) is -3.14. The van der Waals surface area contributed by atoms with Crippen LogP contribution in [-0.4, -0.2) is 42.4 Å². The zero-order valence-corrected chi connectivity index (χ0v) is 12.5. The Labute approximate surface area is 113 Å². The van der Waals surface area contributed by atoms with E-state index in [1.54, 1.807) is 27.7 Å². The van der Waals surface area contributed by atoms with E-state index in [1.165, 1.54) is 0 Å². The van der Waals surface area contributed by atoms with Crippen LogP contribution in [0.3, 0.4) is 0 Å². The molecule has 0 radical (unpaired) electrons. The fraction of sp³-hybridized carbons (Fsp3) is 0.833. The Bertz CT molecular complexity index is 491. The second-order valence-corrected chi connectivity index (χ2v) is 8.71. The van der Waals surface area contributed by atoms with Crippen LogP contribution in [0.25, 0.3) is 0 Å². The predicted molar refractivity (Wildman–Crippen MR) is 70.4 cm³/mol. The molecule has 0 aromatic heterocycles. The standard InChI is InChI=1S/C12H21NO5S/c1-11(2,3)8(10(15)16)9(14)13-12(4)5-6-19(17,18)7-12/h8H,5-7H2,1-4H3,(H,13,14)(H,15,16). The van der Waals surface area contributed by atoms with Gasteiger partial charge in [-0.05, 0) is 18.8 Å². The summed E-state index contributed by atoms with van der Waals surface area (Å²) >= 11 is 0. The highest BCUT2D eigenvalue weighted by Gasteiger charge is 2.44. The van der Waals surface area contributed by atoms with Crippen LogP contribution in [0, 0.1) is 11.3 Å². The number of carboxylic acid groups (broad SMARTS) is 1. The highest BCUT2D eigenvalue weighted by molar-refractivity contribution is 7.91. The summed E-state index contributed by atoms with van der Waals surface area (Å²) in [6.45, 7) is 6.63. The summed E-state index contributed by atoms with van der Waals surface area (Å²) < 4.78 is 22.9. The molecule has 19 heavy (non-hydrogen) atoms. The summed E-state index contributed by atoms with van der Waals surface area (Å²) in [6, 6.07) is 0. The minimum absolute atomic E-state index is 0.0248. The lowest BCUT2D eigenvalue weighted by Crippen LogP contribution is -2.53. The molecule has 0 aliphatic carbocycles. The Morgan fingerprint density at radius 2 is 1.84 bits per heavy atom. The molecule has 0 saturated carbocycles. The van der Waals surface area contributed by atoms with Crippen LogP contribution >= 0.6 is 0 Å². The summed E-state index contributed by atoms with van der Waals surface area (Å²) in [5, 5.41) is 11.8. The number of amides is 1. The summed E-state index contributed by atoms with van der Waals surface area (Å²) in [4.78, 5) is 23.3. The van der Waals surface area contributed by atoms with Crippen molar-refractivity contribution in [2.24, 2.45) is 11.3 Å². The van der Waals surface area contributed by atoms with Gasteiger partial charge in [-0.25, -0.2) is 8.42 Å². The van der Waals surface area contributed by atoms with Gasteiger partial charge in [-0.3, -0.25) is 9.59 Å². The molecule has 0 bridgehead atoms. The average Bonchev–Trinajstić information content (AvgIpc) is 2.35. The fourth-order valence-corrected chi connectivity index (χ4v) is 4.45. The molecule has 1 fully saturated rings. The van der Waals surface area contributed by atoms with Gasteiger partial charge in [0.2, 0.25) is 5.91 Å². The van der Waals surface area contributed by atoms with Crippen LogP contribution in [0.5, 0.6) is 0 Å². The summed E-state index contributed by atoms with van der Waals surface area (Å²) in [6.07, 6.45) is 0.317. The molecule has 1 rings (SSSR count). The number of carbonyl (C=O) groups is 2. The highest BCUT2D eigenvalue weighted by Crippen LogP contribution is 2.29. The van der Waals surface area contributed by atoms with Crippen molar-refractivity contribution in [2.45, 2.75) is 39.7 Å². The number of rotatable bonds is 3. The van der Waals surface area contributed by atoms with E-state index in [0.29, 0.717) is 6.42 Å². The first kappa shape index (κ1) is 15.9. The number of aliphatic carboxylic acids is 1. The van der Waals surface area contributed by atoms with Gasteiger partial charge < -0.3 is 10.4 Å². The first-order chi connectivity index (χ1) is 8.36. The number of carbonyl (C=O) groups excluding carboxylic acids is 1. The van der Waals surface area contributed by atoms with Gasteiger partial charge in [-0.1, -0.05) is 20.8 Å². The van der Waals surface area contributed by atoms with Crippen LogP contribution in [0.2, 0.25) is 0 Å². The number of sulfone groups is 1. The largest absolute Gasteiger partial charge is 0.481 e. The smallest absolute Gasteiger partial charge is 0.316 e. The normalized spacial score (nSPS) is 27.8. The van der Waals surface area contributed by atoms with Gasteiger partial charge in [0.25, 0.3) is 0 Å². The van der Waals surface area contributed by atoms with Crippen molar-refractivity contribution in [1.29, 1.82) is 0 Å². The van der Waals surface area contributed by atoms with Crippen LogP contribution in [0.4, 0.5) is 0 Å². The number of carboxylic acids is 1. The summed E-state index contributed by atoms with van der Waals surface area (Å²) in [5.41, 5.74) is -1.60. The highest BCUT2D eigenvalue weighted by atomic mass is 32.2. The van der Waals surface area contributed by atoms with Crippen molar-refractivity contribution in [1.82, 2.24) is 5.32 Å². The Morgan fingerprint density at radius 3 is 2.16 bits per heavy atom. The molecular formula is C12H21NO5S. The first-order valence-electron chi connectivity index (χ1n) is 6.12. The lowest BCUT2D eigenvalue weighted by atomic mass is 9.79. The van der Waals surface area contributed by atoms with E-state index in [0.717, 1.165) is 0 Å². The van der Waals surface area contributed by atoms with E-state index >= 15 is 0 Å². The van der Waals surface area contributed by atoms with E-state index in [2.05, 4.69) is 5.32 Å². The first-order valence-corrected chi connectivity index (χ1v) is 7.94. The second-order valence-electron chi connectivity index (χ2n) is 6.53. The molecule has 1 heterocycles. The SMILES string of the molecule is CC1(NC(=O)C(C(=O)O)C(C)(C)C)CCS(=O)(=O)C1. The van der Waals surface area contributed by atoms with E-state index in [9.17, 15) is 18.0 Å². The Morgan fingerprint density at radius 1 is 1.32 bits per heavy atom. The molecule has 2 N–H and O–H groups in total. The third-order valence-corrected chi connectivity index (χ3v) is 5.21. The van der Waals surface area contributed by atoms with Crippen molar-refractivity contribution in [2.75, 3.05) is 11.5 Å². The molecule has 1 aliphatic rings. The van der Waals surface area contributed by atoms with Gasteiger partial charge in [-0.15, -0.1) is 0 Å². The molecule has 110 valence electrons. The molecule has 7 heteroatoms. The monoisotopic (exact) mass is 291 g/mol. The van der Waals surface area contributed by atoms with Gasteiger partial charge in [0.1, 0.15) is 5.92 Å². The van der Waals surface area contributed by atoms with Gasteiger partial charge in [0.15, 0.2) is 9.84 Å². The van der Waals surface area contributed by atoms with E-state index in [-0.39, 0.29) is 11.5 Å². The average molecular weight is 291 g/mol. The fourth-order valence-electron chi connectivity index (χ4n) is 2.35. The number of nitrogens with one attached hydrogen (secondary N) is 1. The molecular weight excluding hydrogens is 270 g/mol. The molecule has 6 nitrogen and oxygen atoms in total. The number of hydrogen-bond acceptors (Lipinski definition) is 4. The Hall–Kier alpha value is -1.11. The maximum Gasteiger partial charge on any atom is 0.316 e. The third-order valence-electron chi connectivity index (χ3n) is 3.30. The summed E-state index contributed by atoms with van der Waals surface area (Å²) in [7, 11) is -3.14. The van der Waals surface area contributed by atoms with Crippen molar-refractivity contribution < 1.29 is 23.1 Å². The molecule has 2 atom stereocenters. The van der Waals surface area contributed by atoms with Crippen molar-refractivity contribution in [3.8, 4) is 0 Å². The minimum atomic E-state index is -3.14. The van der Waals surface area contributed by atoms with Crippen LogP contribution in [0.15, 0.2) is 0 Å². The quantitative estimate of drug-likeness (QED) is 0.734. The van der Waals surface area contributed by atoms with Gasteiger partial charge >= 0.3 is 5.97 Å². The van der Waals surface area contributed by atoms with E-state index < -0.39 is 38.6 Å². The van der Waals surface area contributed by atoms with Crippen molar-refractivity contribution >= 4 is 21.7 Å².